The van der Waals surface area contributed by atoms with Crippen LogP contribution in [0.5, 0.6) is 11.5 Å². The lowest BCUT2D eigenvalue weighted by atomic mass is 10.2. The van der Waals surface area contributed by atoms with E-state index in [1.165, 1.54) is 12.1 Å². The number of rotatable bonds is 11. The Morgan fingerprint density at radius 2 is 1.96 bits per heavy atom. The van der Waals surface area contributed by atoms with Crippen LogP contribution in [0.25, 0.3) is 0 Å². The summed E-state index contributed by atoms with van der Waals surface area (Å²) in [6.45, 7) is 5.43. The Hall–Kier alpha value is -1.34. The smallest absolute Gasteiger partial charge is 0.175 e. The van der Waals surface area contributed by atoms with Crippen molar-refractivity contribution in [1.82, 2.24) is 10.2 Å². The van der Waals surface area contributed by atoms with Gasteiger partial charge < -0.3 is 19.7 Å². The van der Waals surface area contributed by atoms with Gasteiger partial charge in [0.05, 0.1) is 16.1 Å². The topological polar surface area (TPSA) is 33.7 Å². The van der Waals surface area contributed by atoms with Gasteiger partial charge in [-0.15, -0.1) is 0 Å². The molecule has 28 heavy (non-hydrogen) atoms. The summed E-state index contributed by atoms with van der Waals surface area (Å²) < 4.78 is 25.7. The first-order chi connectivity index (χ1) is 13.4. The molecule has 7 heteroatoms. The highest BCUT2D eigenvalue weighted by Gasteiger charge is 2.13. The van der Waals surface area contributed by atoms with Crippen molar-refractivity contribution in [1.29, 1.82) is 0 Å². The van der Waals surface area contributed by atoms with E-state index in [1.807, 2.05) is 19.1 Å². The van der Waals surface area contributed by atoms with Crippen LogP contribution < -0.4 is 14.8 Å². The molecule has 0 heterocycles. The minimum Gasteiger partial charge on any atom is -0.490 e. The maximum atomic E-state index is 13.2. The van der Waals surface area contributed by atoms with Crippen LogP contribution in [0.15, 0.2) is 34.8 Å². The van der Waals surface area contributed by atoms with Gasteiger partial charge in [-0.3, -0.25) is 0 Å². The van der Waals surface area contributed by atoms with Crippen molar-refractivity contribution in [3.8, 4) is 11.5 Å². The van der Waals surface area contributed by atoms with Gasteiger partial charge in [0.15, 0.2) is 11.5 Å². The van der Waals surface area contributed by atoms with Crippen molar-refractivity contribution in [3.63, 3.8) is 0 Å². The minimum atomic E-state index is -0.368. The van der Waals surface area contributed by atoms with E-state index in [2.05, 4.69) is 40.2 Å². The fourth-order valence-corrected chi connectivity index (χ4v) is 3.49. The van der Waals surface area contributed by atoms with Crippen LogP contribution in [0.4, 0.5) is 4.39 Å². The van der Waals surface area contributed by atoms with E-state index in [0.717, 1.165) is 36.1 Å². The Balaban J connectivity index is 2.04. The van der Waals surface area contributed by atoms with Gasteiger partial charge in [0.25, 0.3) is 0 Å². The Morgan fingerprint density at radius 1 is 1.18 bits per heavy atom. The van der Waals surface area contributed by atoms with Crippen molar-refractivity contribution in [2.75, 3.05) is 33.8 Å². The molecule has 0 radical (unpaired) electrons. The molecule has 0 aliphatic carbocycles. The van der Waals surface area contributed by atoms with Gasteiger partial charge in [0.2, 0.25) is 0 Å². The zero-order valence-electron chi connectivity index (χ0n) is 16.5. The summed E-state index contributed by atoms with van der Waals surface area (Å²) in [5, 5.41) is 3.79. The Bertz CT molecular complexity index is 774. The number of nitrogens with zero attached hydrogens (tertiary/aromatic N) is 1. The standard InChI is InChI=1S/C21H27BrClFN2O2/c1-4-27-20-11-15(13-25-8-5-9-26(2)3)10-18(22)21(20)28-14-16-6-7-17(24)12-19(16)23/h6-7,10-12,25H,4-5,8-9,13-14H2,1-3H3. The van der Waals surface area contributed by atoms with Crippen LogP contribution in [-0.4, -0.2) is 38.7 Å². The van der Waals surface area contributed by atoms with E-state index in [0.29, 0.717) is 28.7 Å². The summed E-state index contributed by atoms with van der Waals surface area (Å²) in [5.74, 6) is 0.908. The second-order valence-electron chi connectivity index (χ2n) is 6.70. The Kier molecular flexibility index (Phi) is 9.51. The van der Waals surface area contributed by atoms with Crippen LogP contribution in [0.2, 0.25) is 5.02 Å². The summed E-state index contributed by atoms with van der Waals surface area (Å²) in [7, 11) is 4.15. The maximum Gasteiger partial charge on any atom is 0.175 e. The van der Waals surface area contributed by atoms with Gasteiger partial charge in [-0.05, 0) is 86.3 Å². The maximum absolute atomic E-state index is 13.2. The number of nitrogens with one attached hydrogen (secondary N) is 1. The first-order valence-electron chi connectivity index (χ1n) is 9.28. The van der Waals surface area contributed by atoms with Crippen molar-refractivity contribution in [2.24, 2.45) is 0 Å². The van der Waals surface area contributed by atoms with Crippen molar-refractivity contribution >= 4 is 27.5 Å². The van der Waals surface area contributed by atoms with Crippen molar-refractivity contribution in [2.45, 2.75) is 26.5 Å². The summed E-state index contributed by atoms with van der Waals surface area (Å²) in [4.78, 5) is 2.17. The number of hydrogen-bond acceptors (Lipinski definition) is 4. The molecule has 0 bridgehead atoms. The van der Waals surface area contributed by atoms with Crippen molar-refractivity contribution in [3.05, 3.63) is 56.8 Å². The average molecular weight is 474 g/mol. The lowest BCUT2D eigenvalue weighted by molar-refractivity contribution is 0.267. The third-order valence-corrected chi connectivity index (χ3v) is 4.99. The number of benzene rings is 2. The highest BCUT2D eigenvalue weighted by atomic mass is 79.9. The van der Waals surface area contributed by atoms with E-state index < -0.39 is 0 Å². The third kappa shape index (κ3) is 7.24. The van der Waals surface area contributed by atoms with Crippen molar-refractivity contribution < 1.29 is 13.9 Å². The predicted octanol–water partition coefficient (Wildman–Crippen LogP) is 5.26. The molecule has 0 unspecified atom stereocenters. The first-order valence-corrected chi connectivity index (χ1v) is 10.4. The first kappa shape index (κ1) is 22.9. The quantitative estimate of drug-likeness (QED) is 0.451. The molecule has 0 aliphatic heterocycles. The van der Waals surface area contributed by atoms with Crippen LogP contribution in [0.1, 0.15) is 24.5 Å². The molecule has 0 spiro atoms. The highest BCUT2D eigenvalue weighted by molar-refractivity contribution is 9.10. The molecular formula is C21H27BrClFN2O2. The molecular weight excluding hydrogens is 447 g/mol. The van der Waals surface area contributed by atoms with Crippen LogP contribution in [-0.2, 0) is 13.2 Å². The SMILES string of the molecule is CCOc1cc(CNCCCN(C)C)cc(Br)c1OCc1ccc(F)cc1Cl. The molecule has 4 nitrogen and oxygen atoms in total. The fourth-order valence-electron chi connectivity index (χ4n) is 2.67. The Morgan fingerprint density at radius 3 is 2.64 bits per heavy atom. The van der Waals surface area contributed by atoms with E-state index in [1.54, 1.807) is 6.07 Å². The third-order valence-electron chi connectivity index (χ3n) is 4.04. The molecule has 154 valence electrons. The molecule has 0 amide bonds. The molecule has 0 saturated heterocycles. The van der Waals surface area contributed by atoms with Crippen LogP contribution >= 0.6 is 27.5 Å². The molecule has 0 fully saturated rings. The second-order valence-corrected chi connectivity index (χ2v) is 7.96. The van der Waals surface area contributed by atoms with E-state index in [9.17, 15) is 4.39 Å². The monoisotopic (exact) mass is 472 g/mol. The van der Waals surface area contributed by atoms with E-state index >= 15 is 0 Å². The van der Waals surface area contributed by atoms with Gasteiger partial charge >= 0.3 is 0 Å². The van der Waals surface area contributed by atoms with E-state index in [4.69, 9.17) is 21.1 Å². The molecule has 2 aromatic rings. The van der Waals surface area contributed by atoms with Crippen LogP contribution in [0.3, 0.4) is 0 Å². The van der Waals surface area contributed by atoms with Gasteiger partial charge in [0, 0.05) is 12.1 Å². The summed E-state index contributed by atoms with van der Waals surface area (Å²) >= 11 is 9.67. The fraction of sp³-hybridized carbons (Fsp3) is 0.429. The van der Waals surface area contributed by atoms with Crippen LogP contribution in [0, 0.1) is 5.82 Å². The zero-order valence-corrected chi connectivity index (χ0v) is 18.9. The molecule has 1 N–H and O–H groups in total. The molecule has 2 aromatic carbocycles. The second kappa shape index (κ2) is 11.6. The van der Waals surface area contributed by atoms with Gasteiger partial charge in [0.1, 0.15) is 12.4 Å². The highest BCUT2D eigenvalue weighted by Crippen LogP contribution is 2.37. The number of hydrogen-bond donors (Lipinski definition) is 1. The average Bonchev–Trinajstić information content (AvgIpc) is 2.62. The van der Waals surface area contributed by atoms with Gasteiger partial charge in [-0.25, -0.2) is 4.39 Å². The minimum absolute atomic E-state index is 0.222. The largest absolute Gasteiger partial charge is 0.490 e. The van der Waals surface area contributed by atoms with Gasteiger partial charge in [-0.1, -0.05) is 17.7 Å². The van der Waals surface area contributed by atoms with Gasteiger partial charge in [-0.2, -0.15) is 0 Å². The Labute approximate surface area is 180 Å². The lowest BCUT2D eigenvalue weighted by Gasteiger charge is -2.16. The summed E-state index contributed by atoms with van der Waals surface area (Å²) in [6.07, 6.45) is 1.09. The summed E-state index contributed by atoms with van der Waals surface area (Å²) in [6, 6.07) is 8.27. The molecule has 0 saturated carbocycles. The number of halogens is 3. The predicted molar refractivity (Wildman–Crippen MR) is 116 cm³/mol. The summed E-state index contributed by atoms with van der Waals surface area (Å²) in [5.41, 5.74) is 1.82. The molecule has 2 rings (SSSR count). The number of ether oxygens (including phenoxy) is 2. The normalized spacial score (nSPS) is 11.1. The lowest BCUT2D eigenvalue weighted by Crippen LogP contribution is -2.21. The molecule has 0 aromatic heterocycles. The molecule has 0 atom stereocenters. The van der Waals surface area contributed by atoms with E-state index in [-0.39, 0.29) is 12.4 Å². The molecule has 0 aliphatic rings. The zero-order chi connectivity index (χ0) is 20.5.